The fraction of sp³-hybridized carbons (Fsp3) is 0.750. The van der Waals surface area contributed by atoms with Crippen LogP contribution in [0.3, 0.4) is 0 Å². The molecular formula is C24H35ClO. The molecule has 3 aliphatic carbocycles. The van der Waals surface area contributed by atoms with Gasteiger partial charge in [0, 0.05) is 11.6 Å². The van der Waals surface area contributed by atoms with Gasteiger partial charge in [-0.15, -0.1) is 0 Å². The fourth-order valence-corrected chi connectivity index (χ4v) is 6.48. The highest BCUT2D eigenvalue weighted by molar-refractivity contribution is 6.30. The summed E-state index contributed by atoms with van der Waals surface area (Å²) in [4.78, 5) is 0. The number of halogens is 1. The Morgan fingerprint density at radius 3 is 2.04 bits per heavy atom. The fourth-order valence-electron chi connectivity index (χ4n) is 6.36. The molecule has 4 rings (SSSR count). The van der Waals surface area contributed by atoms with Crippen LogP contribution in [0.5, 0.6) is 0 Å². The average molecular weight is 375 g/mol. The van der Waals surface area contributed by atoms with Crippen LogP contribution in [-0.4, -0.2) is 12.7 Å². The monoisotopic (exact) mass is 374 g/mol. The Morgan fingerprint density at radius 2 is 1.35 bits per heavy atom. The molecule has 2 heteroatoms. The van der Waals surface area contributed by atoms with Gasteiger partial charge in [-0.05, 0) is 118 Å². The van der Waals surface area contributed by atoms with Crippen molar-refractivity contribution >= 4 is 11.6 Å². The summed E-state index contributed by atoms with van der Waals surface area (Å²) in [5, 5.41) is 0.859. The SMILES string of the molecule is CCOC1CCC2CC(C3CCC(c4ccc(Cl)cc4)CC3)CCC2C1. The molecule has 0 amide bonds. The highest BCUT2D eigenvalue weighted by atomic mass is 35.5. The van der Waals surface area contributed by atoms with Gasteiger partial charge >= 0.3 is 0 Å². The molecular weight excluding hydrogens is 340 g/mol. The van der Waals surface area contributed by atoms with Gasteiger partial charge in [0.15, 0.2) is 0 Å². The maximum atomic E-state index is 6.05. The van der Waals surface area contributed by atoms with Gasteiger partial charge in [-0.2, -0.15) is 0 Å². The summed E-state index contributed by atoms with van der Waals surface area (Å²) < 4.78 is 5.93. The summed E-state index contributed by atoms with van der Waals surface area (Å²) in [6, 6.07) is 8.61. The van der Waals surface area contributed by atoms with Gasteiger partial charge < -0.3 is 4.74 Å². The Labute approximate surface area is 164 Å². The van der Waals surface area contributed by atoms with Crippen LogP contribution in [0.4, 0.5) is 0 Å². The molecule has 4 atom stereocenters. The van der Waals surface area contributed by atoms with Crippen LogP contribution in [0.1, 0.15) is 82.6 Å². The molecule has 0 bridgehead atoms. The Balaban J connectivity index is 1.27. The van der Waals surface area contributed by atoms with E-state index in [0.29, 0.717) is 6.10 Å². The van der Waals surface area contributed by atoms with Gasteiger partial charge in [0.25, 0.3) is 0 Å². The lowest BCUT2D eigenvalue weighted by Crippen LogP contribution is -2.36. The van der Waals surface area contributed by atoms with Gasteiger partial charge in [0.05, 0.1) is 6.10 Å². The summed E-state index contributed by atoms with van der Waals surface area (Å²) in [7, 11) is 0. The quantitative estimate of drug-likeness (QED) is 0.539. The van der Waals surface area contributed by atoms with Gasteiger partial charge in [-0.1, -0.05) is 23.7 Å². The van der Waals surface area contributed by atoms with Crippen LogP contribution < -0.4 is 0 Å². The number of benzene rings is 1. The maximum Gasteiger partial charge on any atom is 0.0577 e. The van der Waals surface area contributed by atoms with E-state index < -0.39 is 0 Å². The topological polar surface area (TPSA) is 9.23 Å². The van der Waals surface area contributed by atoms with Gasteiger partial charge in [0.2, 0.25) is 0 Å². The molecule has 0 spiro atoms. The molecule has 4 unspecified atom stereocenters. The van der Waals surface area contributed by atoms with E-state index in [9.17, 15) is 0 Å². The van der Waals surface area contributed by atoms with Crippen LogP contribution in [0.25, 0.3) is 0 Å². The number of hydrogen-bond acceptors (Lipinski definition) is 1. The van der Waals surface area contributed by atoms with Crippen LogP contribution in [-0.2, 0) is 4.74 Å². The van der Waals surface area contributed by atoms with Crippen molar-refractivity contribution in [1.82, 2.24) is 0 Å². The van der Waals surface area contributed by atoms with Crippen molar-refractivity contribution in [1.29, 1.82) is 0 Å². The van der Waals surface area contributed by atoms with Crippen LogP contribution >= 0.6 is 11.6 Å². The highest BCUT2D eigenvalue weighted by Crippen LogP contribution is 2.49. The first kappa shape index (κ1) is 18.8. The standard InChI is InChI=1S/C24H35ClO/c1-2-26-24-14-11-21-15-20(7-8-22(21)16-24)19-5-3-17(4-6-19)18-9-12-23(25)13-10-18/h9-10,12-13,17,19-22,24H,2-8,11,14-16H2,1H3. The molecule has 1 aromatic carbocycles. The van der Waals surface area contributed by atoms with Crippen molar-refractivity contribution in [2.24, 2.45) is 23.7 Å². The molecule has 1 nitrogen and oxygen atoms in total. The van der Waals surface area contributed by atoms with Crippen molar-refractivity contribution in [3.63, 3.8) is 0 Å². The van der Waals surface area contributed by atoms with E-state index in [0.717, 1.165) is 41.2 Å². The van der Waals surface area contributed by atoms with Crippen molar-refractivity contribution in [3.05, 3.63) is 34.9 Å². The zero-order valence-electron chi connectivity index (χ0n) is 16.3. The zero-order chi connectivity index (χ0) is 17.9. The molecule has 144 valence electrons. The molecule has 3 aliphatic rings. The molecule has 0 N–H and O–H groups in total. The molecule has 0 heterocycles. The first-order valence-corrected chi connectivity index (χ1v) is 11.5. The number of fused-ring (bicyclic) bond motifs is 1. The first-order chi connectivity index (χ1) is 12.7. The van der Waals surface area contributed by atoms with E-state index in [2.05, 4.69) is 31.2 Å². The second-order valence-corrected chi connectivity index (χ2v) is 9.58. The molecule has 0 aliphatic heterocycles. The molecule has 1 aromatic rings. The van der Waals surface area contributed by atoms with Gasteiger partial charge in [-0.3, -0.25) is 0 Å². The predicted molar refractivity (Wildman–Crippen MR) is 110 cm³/mol. The van der Waals surface area contributed by atoms with E-state index >= 15 is 0 Å². The molecule has 0 aromatic heterocycles. The van der Waals surface area contributed by atoms with Crippen LogP contribution in [0, 0.1) is 23.7 Å². The van der Waals surface area contributed by atoms with E-state index in [4.69, 9.17) is 16.3 Å². The minimum absolute atomic E-state index is 0.563. The second kappa shape index (κ2) is 8.65. The van der Waals surface area contributed by atoms with E-state index in [1.54, 1.807) is 0 Å². The second-order valence-electron chi connectivity index (χ2n) is 9.15. The Morgan fingerprint density at radius 1 is 0.769 bits per heavy atom. The minimum Gasteiger partial charge on any atom is -0.378 e. The lowest BCUT2D eigenvalue weighted by molar-refractivity contribution is -0.0205. The summed E-state index contributed by atoms with van der Waals surface area (Å²) >= 11 is 6.05. The van der Waals surface area contributed by atoms with Crippen molar-refractivity contribution in [2.75, 3.05) is 6.61 Å². The Kier molecular flexibility index (Phi) is 6.26. The van der Waals surface area contributed by atoms with Crippen molar-refractivity contribution in [2.45, 2.75) is 83.2 Å². The molecule has 3 fully saturated rings. The van der Waals surface area contributed by atoms with Gasteiger partial charge in [-0.25, -0.2) is 0 Å². The number of hydrogen-bond donors (Lipinski definition) is 0. The Hall–Kier alpha value is -0.530. The normalized spacial score (nSPS) is 37.9. The highest BCUT2D eigenvalue weighted by Gasteiger charge is 2.39. The zero-order valence-corrected chi connectivity index (χ0v) is 17.1. The lowest BCUT2D eigenvalue weighted by Gasteiger charge is -2.45. The molecule has 26 heavy (non-hydrogen) atoms. The third-order valence-electron chi connectivity index (χ3n) is 7.79. The number of ether oxygens (including phenoxy) is 1. The number of rotatable bonds is 4. The summed E-state index contributed by atoms with van der Waals surface area (Å²) in [5.74, 6) is 4.72. The first-order valence-electron chi connectivity index (χ1n) is 11.1. The summed E-state index contributed by atoms with van der Waals surface area (Å²) in [6.07, 6.45) is 14.7. The van der Waals surface area contributed by atoms with Crippen LogP contribution in [0.15, 0.2) is 24.3 Å². The van der Waals surface area contributed by atoms with E-state index in [1.165, 1.54) is 69.8 Å². The summed E-state index contributed by atoms with van der Waals surface area (Å²) in [6.45, 7) is 3.03. The van der Waals surface area contributed by atoms with E-state index in [-0.39, 0.29) is 0 Å². The Bertz CT molecular complexity index is 560. The predicted octanol–water partition coefficient (Wildman–Crippen LogP) is 7.24. The lowest BCUT2D eigenvalue weighted by atomic mass is 9.62. The van der Waals surface area contributed by atoms with E-state index in [1.807, 2.05) is 0 Å². The third-order valence-corrected chi connectivity index (χ3v) is 8.04. The smallest absolute Gasteiger partial charge is 0.0577 e. The maximum absolute atomic E-state index is 6.05. The van der Waals surface area contributed by atoms with Crippen molar-refractivity contribution < 1.29 is 4.74 Å². The largest absolute Gasteiger partial charge is 0.378 e. The minimum atomic E-state index is 0.563. The molecule has 0 saturated heterocycles. The molecule has 0 radical (unpaired) electrons. The summed E-state index contributed by atoms with van der Waals surface area (Å²) in [5.41, 5.74) is 1.51. The molecule has 3 saturated carbocycles. The van der Waals surface area contributed by atoms with Crippen molar-refractivity contribution in [3.8, 4) is 0 Å². The average Bonchev–Trinajstić information content (AvgIpc) is 2.69. The third kappa shape index (κ3) is 4.30. The van der Waals surface area contributed by atoms with Gasteiger partial charge in [0.1, 0.15) is 0 Å². The van der Waals surface area contributed by atoms with Crippen LogP contribution in [0.2, 0.25) is 5.02 Å².